The predicted molar refractivity (Wildman–Crippen MR) is 102 cm³/mol. The van der Waals surface area contributed by atoms with E-state index < -0.39 is 10.0 Å². The van der Waals surface area contributed by atoms with E-state index in [1.54, 1.807) is 23.2 Å². The highest BCUT2D eigenvalue weighted by Gasteiger charge is 2.26. The van der Waals surface area contributed by atoms with E-state index in [0.29, 0.717) is 42.8 Å². The molecule has 0 saturated carbocycles. The third-order valence-corrected chi connectivity index (χ3v) is 5.54. The summed E-state index contributed by atoms with van der Waals surface area (Å²) in [5, 5.41) is 5.73. The largest absolute Gasteiger partial charge is 0.496 e. The van der Waals surface area contributed by atoms with Gasteiger partial charge in [-0.25, -0.2) is 18.5 Å². The summed E-state index contributed by atoms with van der Waals surface area (Å²) in [6.45, 7) is 1.99. The Balaban J connectivity index is 1.79. The van der Waals surface area contributed by atoms with E-state index in [9.17, 15) is 13.2 Å². The van der Waals surface area contributed by atoms with E-state index in [1.165, 1.54) is 25.3 Å². The maximum atomic E-state index is 12.9. The van der Waals surface area contributed by atoms with Crippen molar-refractivity contribution in [1.29, 1.82) is 0 Å². The number of hydrogen-bond acceptors (Lipinski definition) is 6. The lowest BCUT2D eigenvalue weighted by Crippen LogP contribution is -2.49. The molecule has 3 rings (SSSR count). The quantitative estimate of drug-likeness (QED) is 0.815. The fraction of sp³-hybridized carbons (Fsp3) is 0.294. The topological polar surface area (TPSA) is 106 Å². The highest BCUT2D eigenvalue weighted by Crippen LogP contribution is 2.26. The van der Waals surface area contributed by atoms with E-state index >= 15 is 0 Å². The van der Waals surface area contributed by atoms with Gasteiger partial charge < -0.3 is 14.5 Å². The molecule has 1 fully saturated rings. The smallest absolute Gasteiger partial charge is 0.257 e. The number of piperazine rings is 1. The number of carbonyl (C=O) groups excluding carboxylic acids is 1. The van der Waals surface area contributed by atoms with E-state index in [1.807, 2.05) is 4.90 Å². The summed E-state index contributed by atoms with van der Waals surface area (Å²) >= 11 is 6.18. The first kappa shape index (κ1) is 19.4. The van der Waals surface area contributed by atoms with Crippen LogP contribution in [0.2, 0.25) is 5.02 Å². The SMILES string of the molecule is COc1ccc(S(N)(=O)=O)cc1C(=O)N1CCN(c2ncccc2Cl)CC1. The van der Waals surface area contributed by atoms with Gasteiger partial charge in [0.05, 0.1) is 22.6 Å². The molecular formula is C17H19ClN4O4S. The number of primary sulfonamides is 1. The Kier molecular flexibility index (Phi) is 5.54. The number of rotatable bonds is 4. The zero-order chi connectivity index (χ0) is 19.6. The number of ether oxygens (including phenoxy) is 1. The van der Waals surface area contributed by atoms with Crippen LogP contribution in [0.1, 0.15) is 10.4 Å². The maximum absolute atomic E-state index is 12.9. The molecule has 1 saturated heterocycles. The normalized spacial score (nSPS) is 14.9. The fourth-order valence-corrected chi connectivity index (χ4v) is 3.71. The van der Waals surface area contributed by atoms with Gasteiger partial charge in [-0.1, -0.05) is 11.6 Å². The zero-order valence-electron chi connectivity index (χ0n) is 14.6. The van der Waals surface area contributed by atoms with Crippen LogP contribution in [-0.4, -0.2) is 57.5 Å². The van der Waals surface area contributed by atoms with Gasteiger partial charge in [0.1, 0.15) is 11.6 Å². The second-order valence-corrected chi connectivity index (χ2v) is 7.96. The van der Waals surface area contributed by atoms with Crippen molar-refractivity contribution in [2.24, 2.45) is 5.14 Å². The van der Waals surface area contributed by atoms with Gasteiger partial charge in [0.25, 0.3) is 5.91 Å². The Bertz CT molecular complexity index is 959. The van der Waals surface area contributed by atoms with Crippen molar-refractivity contribution < 1.29 is 17.9 Å². The van der Waals surface area contributed by atoms with Gasteiger partial charge in [-0.3, -0.25) is 4.79 Å². The van der Waals surface area contributed by atoms with Crippen molar-refractivity contribution in [2.75, 3.05) is 38.2 Å². The molecule has 2 N–H and O–H groups in total. The third-order valence-electron chi connectivity index (χ3n) is 4.34. The highest BCUT2D eigenvalue weighted by molar-refractivity contribution is 7.89. The number of nitrogens with zero attached hydrogens (tertiary/aromatic N) is 3. The standard InChI is InChI=1S/C17H19ClN4O4S/c1-26-15-5-4-12(27(19,24)25)11-13(15)17(23)22-9-7-21(8-10-22)16-14(18)3-2-6-20-16/h2-6,11H,7-10H2,1H3,(H2,19,24,25). The van der Waals surface area contributed by atoms with Gasteiger partial charge in [0, 0.05) is 32.4 Å². The molecular weight excluding hydrogens is 392 g/mol. The molecule has 1 aromatic carbocycles. The molecule has 1 aliphatic rings. The lowest BCUT2D eigenvalue weighted by molar-refractivity contribution is 0.0743. The van der Waals surface area contributed by atoms with Gasteiger partial charge in [-0.2, -0.15) is 0 Å². The summed E-state index contributed by atoms with van der Waals surface area (Å²) in [4.78, 5) is 20.7. The minimum Gasteiger partial charge on any atom is -0.496 e. The second kappa shape index (κ2) is 7.71. The molecule has 8 nitrogen and oxygen atoms in total. The molecule has 0 atom stereocenters. The van der Waals surface area contributed by atoms with E-state index in [2.05, 4.69) is 4.98 Å². The minimum absolute atomic E-state index is 0.134. The lowest BCUT2D eigenvalue weighted by atomic mass is 10.1. The van der Waals surface area contributed by atoms with Gasteiger partial charge in [0.2, 0.25) is 10.0 Å². The average molecular weight is 411 g/mol. The van der Waals surface area contributed by atoms with Crippen LogP contribution < -0.4 is 14.8 Å². The number of anilines is 1. The van der Waals surface area contributed by atoms with E-state index in [4.69, 9.17) is 21.5 Å². The second-order valence-electron chi connectivity index (χ2n) is 6.00. The lowest BCUT2D eigenvalue weighted by Gasteiger charge is -2.36. The summed E-state index contributed by atoms with van der Waals surface area (Å²) < 4.78 is 28.4. The number of nitrogens with two attached hydrogens (primary N) is 1. The zero-order valence-corrected chi connectivity index (χ0v) is 16.2. The van der Waals surface area contributed by atoms with Crippen molar-refractivity contribution in [3.05, 3.63) is 47.1 Å². The molecule has 1 aromatic heterocycles. The van der Waals surface area contributed by atoms with Crippen LogP contribution >= 0.6 is 11.6 Å². The first-order chi connectivity index (χ1) is 12.8. The summed E-state index contributed by atoms with van der Waals surface area (Å²) in [6, 6.07) is 7.52. The fourth-order valence-electron chi connectivity index (χ4n) is 2.93. The van der Waals surface area contributed by atoms with Crippen molar-refractivity contribution in [1.82, 2.24) is 9.88 Å². The highest BCUT2D eigenvalue weighted by atomic mass is 35.5. The molecule has 10 heteroatoms. The first-order valence-electron chi connectivity index (χ1n) is 8.17. The average Bonchev–Trinajstić information content (AvgIpc) is 2.67. The third kappa shape index (κ3) is 4.15. The number of benzene rings is 1. The Morgan fingerprint density at radius 2 is 1.93 bits per heavy atom. The summed E-state index contributed by atoms with van der Waals surface area (Å²) in [5.74, 6) is 0.659. The molecule has 1 amide bonds. The maximum Gasteiger partial charge on any atom is 0.257 e. The number of amides is 1. The summed E-state index contributed by atoms with van der Waals surface area (Å²) in [5.41, 5.74) is 0.161. The molecule has 0 aliphatic carbocycles. The first-order valence-corrected chi connectivity index (χ1v) is 10.1. The van der Waals surface area contributed by atoms with Crippen LogP contribution in [0, 0.1) is 0 Å². The molecule has 27 heavy (non-hydrogen) atoms. The number of aromatic nitrogens is 1. The van der Waals surface area contributed by atoms with Crippen LogP contribution in [0.25, 0.3) is 0 Å². The monoisotopic (exact) mass is 410 g/mol. The number of carbonyl (C=O) groups is 1. The van der Waals surface area contributed by atoms with Crippen LogP contribution in [0.4, 0.5) is 5.82 Å². The van der Waals surface area contributed by atoms with Gasteiger partial charge in [-0.15, -0.1) is 0 Å². The summed E-state index contributed by atoms with van der Waals surface area (Å²) in [7, 11) is -2.50. The Hall–Kier alpha value is -2.36. The number of sulfonamides is 1. The van der Waals surface area contributed by atoms with Crippen LogP contribution in [0.3, 0.4) is 0 Å². The summed E-state index contributed by atoms with van der Waals surface area (Å²) in [6.07, 6.45) is 1.67. The Labute approximate surface area is 162 Å². The molecule has 2 heterocycles. The van der Waals surface area contributed by atoms with Gasteiger partial charge in [0.15, 0.2) is 0 Å². The predicted octanol–water partition coefficient (Wildman–Crippen LogP) is 1.35. The van der Waals surface area contributed by atoms with E-state index in [0.717, 1.165) is 0 Å². The van der Waals surface area contributed by atoms with Crippen molar-refractivity contribution in [3.63, 3.8) is 0 Å². The van der Waals surface area contributed by atoms with Crippen molar-refractivity contribution >= 4 is 33.3 Å². The van der Waals surface area contributed by atoms with E-state index in [-0.39, 0.29) is 16.4 Å². The molecule has 144 valence electrons. The molecule has 0 radical (unpaired) electrons. The van der Waals surface area contributed by atoms with Crippen LogP contribution in [-0.2, 0) is 10.0 Å². The Morgan fingerprint density at radius 1 is 1.22 bits per heavy atom. The minimum atomic E-state index is -3.92. The van der Waals surface area contributed by atoms with Crippen LogP contribution in [0.5, 0.6) is 5.75 Å². The molecule has 0 unspecified atom stereocenters. The molecule has 0 bridgehead atoms. The number of methoxy groups -OCH3 is 1. The number of hydrogen-bond donors (Lipinski definition) is 1. The molecule has 0 spiro atoms. The Morgan fingerprint density at radius 3 is 2.52 bits per heavy atom. The number of halogens is 1. The van der Waals surface area contributed by atoms with Gasteiger partial charge >= 0.3 is 0 Å². The van der Waals surface area contributed by atoms with Crippen molar-refractivity contribution in [3.8, 4) is 5.75 Å². The number of pyridine rings is 1. The van der Waals surface area contributed by atoms with Gasteiger partial charge in [-0.05, 0) is 30.3 Å². The van der Waals surface area contributed by atoms with Crippen LogP contribution in [0.15, 0.2) is 41.4 Å². The molecule has 2 aromatic rings. The van der Waals surface area contributed by atoms with Crippen molar-refractivity contribution in [2.45, 2.75) is 4.90 Å². The molecule has 1 aliphatic heterocycles.